The molecule has 1 aliphatic rings. The van der Waals surface area contributed by atoms with Crippen LogP contribution in [0.15, 0.2) is 77.7 Å². The minimum absolute atomic E-state index is 0.00375. The Bertz CT molecular complexity index is 1440. The van der Waals surface area contributed by atoms with Crippen molar-refractivity contribution >= 4 is 50.7 Å². The van der Waals surface area contributed by atoms with Crippen molar-refractivity contribution in [2.45, 2.75) is 63.1 Å². The van der Waals surface area contributed by atoms with Crippen LogP contribution in [0.3, 0.4) is 0 Å². The highest BCUT2D eigenvalue weighted by Gasteiger charge is 2.34. The third-order valence-corrected chi connectivity index (χ3v) is 9.46. The van der Waals surface area contributed by atoms with Crippen molar-refractivity contribution in [1.29, 1.82) is 0 Å². The van der Waals surface area contributed by atoms with E-state index >= 15 is 0 Å². The molecule has 3 aromatic rings. The monoisotopic (exact) mass is 601 g/mol. The molecule has 40 heavy (non-hydrogen) atoms. The van der Waals surface area contributed by atoms with Gasteiger partial charge in [-0.15, -0.1) is 0 Å². The molecule has 3 aromatic carbocycles. The average Bonchev–Trinajstić information content (AvgIpc) is 3.45. The van der Waals surface area contributed by atoms with Crippen LogP contribution in [-0.2, 0) is 26.2 Å². The largest absolute Gasteiger partial charge is 0.352 e. The van der Waals surface area contributed by atoms with E-state index in [0.717, 1.165) is 41.1 Å². The molecule has 1 fully saturated rings. The molecule has 1 saturated carbocycles. The summed E-state index contributed by atoms with van der Waals surface area (Å²) in [4.78, 5) is 28.7. The molecule has 10 heteroatoms. The number of hydrogen-bond acceptors (Lipinski definition) is 4. The fourth-order valence-electron chi connectivity index (χ4n) is 4.77. The molecule has 0 aromatic heterocycles. The number of halogens is 2. The summed E-state index contributed by atoms with van der Waals surface area (Å²) in [5.41, 5.74) is 1.95. The summed E-state index contributed by atoms with van der Waals surface area (Å²) in [5, 5.41) is 3.45. The number of carbonyl (C=O) groups is 2. The Morgan fingerprint density at radius 3 is 2.27 bits per heavy atom. The number of aryl methyl sites for hydroxylation is 1. The number of rotatable bonds is 10. The van der Waals surface area contributed by atoms with Crippen molar-refractivity contribution in [3.63, 3.8) is 0 Å². The maximum atomic E-state index is 14.0. The Labute approximate surface area is 246 Å². The van der Waals surface area contributed by atoms with Crippen molar-refractivity contribution in [3.05, 3.63) is 94.0 Å². The second-order valence-corrected chi connectivity index (χ2v) is 12.8. The van der Waals surface area contributed by atoms with Gasteiger partial charge in [-0.2, -0.15) is 0 Å². The quantitative estimate of drug-likeness (QED) is 0.310. The first-order valence-electron chi connectivity index (χ1n) is 13.2. The summed E-state index contributed by atoms with van der Waals surface area (Å²) in [7, 11) is -4.22. The summed E-state index contributed by atoms with van der Waals surface area (Å²) in [6.07, 6.45) is 3.91. The highest BCUT2D eigenvalue weighted by atomic mass is 35.5. The van der Waals surface area contributed by atoms with Gasteiger partial charge in [-0.1, -0.05) is 84.1 Å². The van der Waals surface area contributed by atoms with E-state index < -0.39 is 28.5 Å². The van der Waals surface area contributed by atoms with Crippen LogP contribution in [0.4, 0.5) is 5.69 Å². The first kappa shape index (κ1) is 29.9. The van der Waals surface area contributed by atoms with Crippen molar-refractivity contribution in [2.24, 2.45) is 0 Å². The van der Waals surface area contributed by atoms with Crippen LogP contribution in [0, 0.1) is 6.92 Å². The van der Waals surface area contributed by atoms with E-state index in [1.165, 1.54) is 29.2 Å². The van der Waals surface area contributed by atoms with Crippen molar-refractivity contribution in [1.82, 2.24) is 10.2 Å². The van der Waals surface area contributed by atoms with Gasteiger partial charge in [0, 0.05) is 17.6 Å². The number of amides is 2. The Morgan fingerprint density at radius 2 is 1.62 bits per heavy atom. The maximum Gasteiger partial charge on any atom is 0.264 e. The second-order valence-electron chi connectivity index (χ2n) is 10.1. The lowest BCUT2D eigenvalue weighted by Crippen LogP contribution is -2.52. The molecule has 1 aliphatic carbocycles. The van der Waals surface area contributed by atoms with E-state index in [2.05, 4.69) is 5.32 Å². The fraction of sp³-hybridized carbons (Fsp3) is 0.333. The Morgan fingerprint density at radius 1 is 0.975 bits per heavy atom. The smallest absolute Gasteiger partial charge is 0.264 e. The van der Waals surface area contributed by atoms with Gasteiger partial charge in [0.15, 0.2) is 0 Å². The van der Waals surface area contributed by atoms with Crippen LogP contribution in [0.25, 0.3) is 0 Å². The van der Waals surface area contributed by atoms with E-state index in [-0.39, 0.29) is 39.1 Å². The zero-order valence-electron chi connectivity index (χ0n) is 22.5. The lowest BCUT2D eigenvalue weighted by molar-refractivity contribution is -0.139. The summed E-state index contributed by atoms with van der Waals surface area (Å²) in [6.45, 7) is 3.18. The average molecular weight is 603 g/mol. The van der Waals surface area contributed by atoms with Gasteiger partial charge < -0.3 is 10.2 Å². The summed E-state index contributed by atoms with van der Waals surface area (Å²) in [6, 6.07) is 19.1. The Kier molecular flexibility index (Phi) is 9.77. The first-order valence-corrected chi connectivity index (χ1v) is 15.4. The number of anilines is 1. The van der Waals surface area contributed by atoms with Gasteiger partial charge in [0.1, 0.15) is 12.6 Å². The van der Waals surface area contributed by atoms with E-state index in [1.807, 2.05) is 31.2 Å². The molecule has 212 valence electrons. The van der Waals surface area contributed by atoms with Gasteiger partial charge in [-0.3, -0.25) is 13.9 Å². The van der Waals surface area contributed by atoms with Gasteiger partial charge >= 0.3 is 0 Å². The zero-order chi connectivity index (χ0) is 28.9. The summed E-state index contributed by atoms with van der Waals surface area (Å²) in [5.74, 6) is -0.823. The predicted octanol–water partition coefficient (Wildman–Crippen LogP) is 5.97. The zero-order valence-corrected chi connectivity index (χ0v) is 24.8. The highest BCUT2D eigenvalue weighted by Crippen LogP contribution is 2.33. The summed E-state index contributed by atoms with van der Waals surface area (Å²) >= 11 is 12.7. The van der Waals surface area contributed by atoms with Crippen LogP contribution in [0.5, 0.6) is 0 Å². The Balaban J connectivity index is 1.70. The number of hydrogen-bond donors (Lipinski definition) is 1. The molecule has 0 unspecified atom stereocenters. The molecular weight excluding hydrogens is 569 g/mol. The standard InChI is InChI=1S/C30H33Cl2N3O4S/c1-21-12-14-23(15-13-21)19-34(22(2)30(37)33-25-8-6-7-9-25)29(36)20-35(28-18-24(31)16-17-27(28)32)40(38,39)26-10-4-3-5-11-26/h3-5,10-18,22,25H,6-9,19-20H2,1-2H3,(H,33,37)/t22-/m1/s1. The lowest BCUT2D eigenvalue weighted by atomic mass is 10.1. The number of nitrogens with zero attached hydrogens (tertiary/aromatic N) is 2. The number of sulfonamides is 1. The number of carbonyl (C=O) groups excluding carboxylic acids is 2. The third-order valence-electron chi connectivity index (χ3n) is 7.13. The van der Waals surface area contributed by atoms with Gasteiger partial charge in [-0.05, 0) is 62.6 Å². The second kappa shape index (κ2) is 13.1. The van der Waals surface area contributed by atoms with Crippen LogP contribution >= 0.6 is 23.2 Å². The van der Waals surface area contributed by atoms with E-state index in [0.29, 0.717) is 0 Å². The van der Waals surface area contributed by atoms with Gasteiger partial charge in [0.05, 0.1) is 15.6 Å². The van der Waals surface area contributed by atoms with Crippen molar-refractivity contribution in [3.8, 4) is 0 Å². The molecule has 2 amide bonds. The molecule has 1 N–H and O–H groups in total. The SMILES string of the molecule is Cc1ccc(CN(C(=O)CN(c2cc(Cl)ccc2Cl)S(=O)(=O)c2ccccc2)[C@H](C)C(=O)NC2CCCC2)cc1. The molecule has 4 rings (SSSR count). The van der Waals surface area contributed by atoms with Crippen molar-refractivity contribution in [2.75, 3.05) is 10.8 Å². The van der Waals surface area contributed by atoms with E-state index in [1.54, 1.807) is 31.2 Å². The van der Waals surface area contributed by atoms with Crippen LogP contribution in [-0.4, -0.2) is 43.8 Å². The molecule has 0 spiro atoms. The molecule has 7 nitrogen and oxygen atoms in total. The molecule has 0 heterocycles. The van der Waals surface area contributed by atoms with Gasteiger partial charge in [-0.25, -0.2) is 8.42 Å². The molecule has 0 radical (unpaired) electrons. The first-order chi connectivity index (χ1) is 19.1. The van der Waals surface area contributed by atoms with E-state index in [9.17, 15) is 18.0 Å². The minimum atomic E-state index is -4.22. The topological polar surface area (TPSA) is 86.8 Å². The normalized spacial score (nSPS) is 14.5. The minimum Gasteiger partial charge on any atom is -0.352 e. The molecule has 0 bridgehead atoms. The predicted molar refractivity (Wildman–Crippen MR) is 159 cm³/mol. The van der Waals surface area contributed by atoms with Crippen LogP contribution < -0.4 is 9.62 Å². The van der Waals surface area contributed by atoms with Gasteiger partial charge in [0.2, 0.25) is 11.8 Å². The molecular formula is C30H33Cl2N3O4S. The maximum absolute atomic E-state index is 14.0. The molecule has 1 atom stereocenters. The molecule has 0 saturated heterocycles. The third kappa shape index (κ3) is 7.16. The van der Waals surface area contributed by atoms with E-state index in [4.69, 9.17) is 23.2 Å². The van der Waals surface area contributed by atoms with Gasteiger partial charge in [0.25, 0.3) is 10.0 Å². The lowest BCUT2D eigenvalue weighted by Gasteiger charge is -2.32. The van der Waals surface area contributed by atoms with Crippen LogP contribution in [0.2, 0.25) is 10.0 Å². The highest BCUT2D eigenvalue weighted by molar-refractivity contribution is 7.92. The molecule has 0 aliphatic heterocycles. The number of benzene rings is 3. The number of nitrogens with one attached hydrogen (secondary N) is 1. The fourth-order valence-corrected chi connectivity index (χ4v) is 6.66. The van der Waals surface area contributed by atoms with Crippen molar-refractivity contribution < 1.29 is 18.0 Å². The van der Waals surface area contributed by atoms with Crippen LogP contribution in [0.1, 0.15) is 43.7 Å². The Hall–Kier alpha value is -3.07. The summed E-state index contributed by atoms with van der Waals surface area (Å²) < 4.78 is 28.7.